The van der Waals surface area contributed by atoms with Gasteiger partial charge in [-0.25, -0.2) is 17.5 Å². The Morgan fingerprint density at radius 3 is 2.37 bits per heavy atom. The average molecular weight is 300 g/mol. The molecule has 1 aromatic rings. The maximum absolute atomic E-state index is 13.3. The SMILES string of the molecule is Cc1c(N)cc(S(=O)(=O)NCCC(F)(F)F)cc1F. The van der Waals surface area contributed by atoms with Crippen LogP contribution in [0.5, 0.6) is 0 Å². The lowest BCUT2D eigenvalue weighted by atomic mass is 10.2. The van der Waals surface area contributed by atoms with Crippen LogP contribution in [0.2, 0.25) is 0 Å². The Morgan fingerprint density at radius 2 is 1.89 bits per heavy atom. The molecule has 9 heteroatoms. The molecule has 0 atom stereocenters. The van der Waals surface area contributed by atoms with Crippen molar-refractivity contribution in [3.05, 3.63) is 23.5 Å². The average Bonchev–Trinajstić information content (AvgIpc) is 2.22. The van der Waals surface area contributed by atoms with Crippen molar-refractivity contribution < 1.29 is 26.0 Å². The Hall–Kier alpha value is -1.35. The summed E-state index contributed by atoms with van der Waals surface area (Å²) in [4.78, 5) is -0.504. The number of halogens is 4. The Labute approximate surface area is 107 Å². The lowest BCUT2D eigenvalue weighted by Gasteiger charge is -2.10. The minimum atomic E-state index is -4.47. The third kappa shape index (κ3) is 4.35. The number of nitrogens with two attached hydrogens (primary N) is 1. The molecule has 0 saturated carbocycles. The molecule has 4 nitrogen and oxygen atoms in total. The zero-order chi connectivity index (χ0) is 14.8. The summed E-state index contributed by atoms with van der Waals surface area (Å²) >= 11 is 0. The van der Waals surface area contributed by atoms with Gasteiger partial charge in [0.1, 0.15) is 5.82 Å². The molecule has 0 amide bonds. The number of nitrogens with one attached hydrogen (secondary N) is 1. The fourth-order valence-electron chi connectivity index (χ4n) is 1.24. The van der Waals surface area contributed by atoms with Gasteiger partial charge in [0.15, 0.2) is 0 Å². The molecular formula is C10H12F4N2O2S. The molecule has 0 bridgehead atoms. The van der Waals surface area contributed by atoms with E-state index in [2.05, 4.69) is 0 Å². The molecule has 0 fully saturated rings. The van der Waals surface area contributed by atoms with E-state index in [0.717, 1.165) is 6.07 Å². The summed E-state index contributed by atoms with van der Waals surface area (Å²) < 4.78 is 74.0. The molecular weight excluding hydrogens is 288 g/mol. The number of benzene rings is 1. The monoisotopic (exact) mass is 300 g/mol. The molecule has 19 heavy (non-hydrogen) atoms. The van der Waals surface area contributed by atoms with Crippen molar-refractivity contribution in [3.8, 4) is 0 Å². The molecule has 0 aromatic heterocycles. The van der Waals surface area contributed by atoms with Crippen LogP contribution in [0.3, 0.4) is 0 Å². The van der Waals surface area contributed by atoms with Gasteiger partial charge in [-0.05, 0) is 19.1 Å². The summed E-state index contributed by atoms with van der Waals surface area (Å²) in [7, 11) is -4.21. The summed E-state index contributed by atoms with van der Waals surface area (Å²) in [6.45, 7) is 0.541. The summed E-state index contributed by atoms with van der Waals surface area (Å²) in [5.41, 5.74) is 5.39. The third-order valence-corrected chi connectivity index (χ3v) is 3.81. The lowest BCUT2D eigenvalue weighted by molar-refractivity contribution is -0.132. The normalized spacial score (nSPS) is 12.7. The van der Waals surface area contributed by atoms with E-state index in [1.54, 1.807) is 4.72 Å². The Morgan fingerprint density at radius 1 is 1.32 bits per heavy atom. The molecule has 0 aliphatic heterocycles. The highest BCUT2D eigenvalue weighted by Crippen LogP contribution is 2.22. The smallest absolute Gasteiger partial charge is 0.390 e. The number of nitrogen functional groups attached to an aromatic ring is 1. The second kappa shape index (κ2) is 5.33. The number of sulfonamides is 1. The minimum Gasteiger partial charge on any atom is -0.398 e. The highest BCUT2D eigenvalue weighted by Gasteiger charge is 2.27. The van der Waals surface area contributed by atoms with Gasteiger partial charge in [-0.2, -0.15) is 13.2 Å². The van der Waals surface area contributed by atoms with Crippen LogP contribution in [0.1, 0.15) is 12.0 Å². The van der Waals surface area contributed by atoms with Crippen molar-refractivity contribution in [2.24, 2.45) is 0 Å². The summed E-state index contributed by atoms with van der Waals surface area (Å²) in [5, 5.41) is 0. The molecule has 0 aliphatic rings. The molecule has 0 heterocycles. The Balaban J connectivity index is 2.90. The van der Waals surface area contributed by atoms with Crippen molar-refractivity contribution in [2.45, 2.75) is 24.4 Å². The summed E-state index contributed by atoms with van der Waals surface area (Å²) in [6.07, 6.45) is -5.78. The molecule has 3 N–H and O–H groups in total. The zero-order valence-corrected chi connectivity index (χ0v) is 10.7. The number of hydrogen-bond donors (Lipinski definition) is 2. The van der Waals surface area contributed by atoms with Gasteiger partial charge < -0.3 is 5.73 Å². The number of anilines is 1. The van der Waals surface area contributed by atoms with Crippen LogP contribution in [-0.2, 0) is 10.0 Å². The van der Waals surface area contributed by atoms with Gasteiger partial charge in [0.2, 0.25) is 10.0 Å². The van der Waals surface area contributed by atoms with Crippen LogP contribution >= 0.6 is 0 Å². The van der Waals surface area contributed by atoms with Crippen molar-refractivity contribution >= 4 is 15.7 Å². The minimum absolute atomic E-state index is 0.0780. The summed E-state index contributed by atoms with van der Waals surface area (Å²) in [6, 6.07) is 1.70. The molecule has 0 radical (unpaired) electrons. The van der Waals surface area contributed by atoms with E-state index in [4.69, 9.17) is 5.73 Å². The third-order valence-electron chi connectivity index (χ3n) is 2.37. The molecule has 0 aliphatic carbocycles. The van der Waals surface area contributed by atoms with Gasteiger partial charge in [0, 0.05) is 17.8 Å². The number of alkyl halides is 3. The first-order chi connectivity index (χ1) is 8.53. The van der Waals surface area contributed by atoms with Crippen molar-refractivity contribution in [1.29, 1.82) is 0 Å². The topological polar surface area (TPSA) is 72.2 Å². The first kappa shape index (κ1) is 15.7. The van der Waals surface area contributed by atoms with Crippen LogP contribution in [-0.4, -0.2) is 21.1 Å². The number of rotatable bonds is 4. The van der Waals surface area contributed by atoms with E-state index >= 15 is 0 Å². The van der Waals surface area contributed by atoms with E-state index in [0.29, 0.717) is 6.07 Å². The van der Waals surface area contributed by atoms with E-state index < -0.39 is 39.9 Å². The standard InChI is InChI=1S/C10H12F4N2O2S/c1-6-8(11)4-7(5-9(6)15)19(17,18)16-3-2-10(12,13)14/h4-5,16H,2-3,15H2,1H3. The fourth-order valence-corrected chi connectivity index (χ4v) is 2.32. The highest BCUT2D eigenvalue weighted by atomic mass is 32.2. The lowest BCUT2D eigenvalue weighted by Crippen LogP contribution is -2.28. The Bertz CT molecular complexity index is 546. The van der Waals surface area contributed by atoms with Gasteiger partial charge in [-0.15, -0.1) is 0 Å². The van der Waals surface area contributed by atoms with Crippen molar-refractivity contribution in [2.75, 3.05) is 12.3 Å². The van der Waals surface area contributed by atoms with Crippen molar-refractivity contribution in [1.82, 2.24) is 4.72 Å². The predicted molar refractivity (Wildman–Crippen MR) is 61.4 cm³/mol. The van der Waals surface area contributed by atoms with Crippen LogP contribution in [0.4, 0.5) is 23.2 Å². The maximum atomic E-state index is 13.3. The Kier molecular flexibility index (Phi) is 4.41. The van der Waals surface area contributed by atoms with E-state index in [9.17, 15) is 26.0 Å². The summed E-state index contributed by atoms with van der Waals surface area (Å²) in [5.74, 6) is -0.837. The number of hydrogen-bond acceptors (Lipinski definition) is 3. The second-order valence-corrected chi connectivity index (χ2v) is 5.65. The van der Waals surface area contributed by atoms with Crippen LogP contribution < -0.4 is 10.5 Å². The van der Waals surface area contributed by atoms with Crippen molar-refractivity contribution in [3.63, 3.8) is 0 Å². The molecule has 1 aromatic carbocycles. The van der Waals surface area contributed by atoms with Gasteiger partial charge in [-0.3, -0.25) is 0 Å². The molecule has 1 rings (SSSR count). The zero-order valence-electron chi connectivity index (χ0n) is 9.88. The molecule has 0 spiro atoms. The van der Waals surface area contributed by atoms with E-state index in [-0.39, 0.29) is 11.3 Å². The molecule has 108 valence electrons. The van der Waals surface area contributed by atoms with Crippen LogP contribution in [0, 0.1) is 12.7 Å². The van der Waals surface area contributed by atoms with Gasteiger partial charge in [0.25, 0.3) is 0 Å². The molecule has 0 unspecified atom stereocenters. The van der Waals surface area contributed by atoms with Gasteiger partial charge in [-0.1, -0.05) is 0 Å². The fraction of sp³-hybridized carbons (Fsp3) is 0.400. The highest BCUT2D eigenvalue weighted by molar-refractivity contribution is 7.89. The second-order valence-electron chi connectivity index (χ2n) is 3.88. The van der Waals surface area contributed by atoms with E-state index in [1.807, 2.05) is 0 Å². The first-order valence-corrected chi connectivity index (χ1v) is 6.63. The largest absolute Gasteiger partial charge is 0.398 e. The van der Waals surface area contributed by atoms with E-state index in [1.165, 1.54) is 6.92 Å². The molecule has 0 saturated heterocycles. The van der Waals surface area contributed by atoms with Gasteiger partial charge >= 0.3 is 6.18 Å². The van der Waals surface area contributed by atoms with Gasteiger partial charge in [0.05, 0.1) is 11.3 Å². The predicted octanol–water partition coefficient (Wildman–Crippen LogP) is 1.95. The van der Waals surface area contributed by atoms with Crippen LogP contribution in [0.15, 0.2) is 17.0 Å². The first-order valence-electron chi connectivity index (χ1n) is 5.15. The van der Waals surface area contributed by atoms with Crippen LogP contribution in [0.25, 0.3) is 0 Å². The quantitative estimate of drug-likeness (QED) is 0.659. The maximum Gasteiger partial charge on any atom is 0.390 e.